The Labute approximate surface area is 179 Å². The molecule has 0 radical (unpaired) electrons. The SMILES string of the molecule is CC(C)[C@@H](NC(=O)CSc1cc(Cl)ccc1Cl)c1ccc2c(c1)OCCCO2. The lowest BCUT2D eigenvalue weighted by atomic mass is 9.95. The molecule has 0 saturated heterocycles. The average Bonchev–Trinajstić information content (AvgIpc) is 2.91. The normalized spacial score (nSPS) is 14.5. The number of benzene rings is 2. The first-order valence-electron chi connectivity index (χ1n) is 9.21. The fourth-order valence-corrected chi connectivity index (χ4v) is 4.26. The smallest absolute Gasteiger partial charge is 0.230 e. The van der Waals surface area contributed by atoms with Crippen molar-refractivity contribution >= 4 is 40.9 Å². The van der Waals surface area contributed by atoms with Gasteiger partial charge in [0.2, 0.25) is 5.91 Å². The Hall–Kier alpha value is -1.56. The van der Waals surface area contributed by atoms with Crippen molar-refractivity contribution in [2.45, 2.75) is 31.2 Å². The molecule has 0 fully saturated rings. The highest BCUT2D eigenvalue weighted by atomic mass is 35.5. The molecule has 0 bridgehead atoms. The first-order valence-corrected chi connectivity index (χ1v) is 10.9. The first-order chi connectivity index (χ1) is 13.4. The third kappa shape index (κ3) is 5.49. The zero-order chi connectivity index (χ0) is 20.1. The molecule has 3 rings (SSSR count). The van der Waals surface area contributed by atoms with E-state index in [9.17, 15) is 4.79 Å². The Balaban J connectivity index is 1.68. The van der Waals surface area contributed by atoms with Gasteiger partial charge in [-0.3, -0.25) is 4.79 Å². The number of thioether (sulfide) groups is 1. The number of hydrogen-bond acceptors (Lipinski definition) is 4. The highest BCUT2D eigenvalue weighted by Gasteiger charge is 2.21. The van der Waals surface area contributed by atoms with Crippen LogP contribution in [0.2, 0.25) is 10.0 Å². The van der Waals surface area contributed by atoms with Gasteiger partial charge in [0, 0.05) is 16.3 Å². The molecular weight excluding hydrogens is 417 g/mol. The second-order valence-corrected chi connectivity index (χ2v) is 8.77. The van der Waals surface area contributed by atoms with Gasteiger partial charge in [0.15, 0.2) is 11.5 Å². The summed E-state index contributed by atoms with van der Waals surface area (Å²) in [5, 5.41) is 4.31. The zero-order valence-corrected chi connectivity index (χ0v) is 18.2. The average molecular weight is 440 g/mol. The number of amides is 1. The van der Waals surface area contributed by atoms with Crippen LogP contribution < -0.4 is 14.8 Å². The van der Waals surface area contributed by atoms with Gasteiger partial charge in [-0.05, 0) is 41.8 Å². The van der Waals surface area contributed by atoms with Crippen molar-refractivity contribution in [2.24, 2.45) is 5.92 Å². The van der Waals surface area contributed by atoms with Gasteiger partial charge < -0.3 is 14.8 Å². The fraction of sp³-hybridized carbons (Fsp3) is 0.381. The zero-order valence-electron chi connectivity index (χ0n) is 15.8. The topological polar surface area (TPSA) is 47.6 Å². The summed E-state index contributed by atoms with van der Waals surface area (Å²) in [6.45, 7) is 5.44. The monoisotopic (exact) mass is 439 g/mol. The number of halogens is 2. The highest BCUT2D eigenvalue weighted by molar-refractivity contribution is 8.00. The standard InChI is InChI=1S/C21H23Cl2NO3S/c1-13(2)21(14-4-7-17-18(10-14)27-9-3-8-26-17)24-20(25)12-28-19-11-15(22)5-6-16(19)23/h4-7,10-11,13,21H,3,8-9,12H2,1-2H3,(H,24,25)/t21-/m1/s1. The van der Waals surface area contributed by atoms with Gasteiger partial charge in [-0.15, -0.1) is 11.8 Å². The molecule has 28 heavy (non-hydrogen) atoms. The molecule has 2 aromatic rings. The maximum atomic E-state index is 12.6. The van der Waals surface area contributed by atoms with Gasteiger partial charge in [0.05, 0.1) is 30.0 Å². The molecule has 0 saturated carbocycles. The van der Waals surface area contributed by atoms with Crippen LogP contribution in [0.15, 0.2) is 41.3 Å². The second-order valence-electron chi connectivity index (χ2n) is 6.91. The number of fused-ring (bicyclic) bond motifs is 1. The Bertz CT molecular complexity index is 844. The Morgan fingerprint density at radius 2 is 1.86 bits per heavy atom. The predicted octanol–water partition coefficient (Wildman–Crippen LogP) is 5.76. The molecule has 0 aliphatic carbocycles. The van der Waals surface area contributed by atoms with Crippen molar-refractivity contribution in [3.05, 3.63) is 52.0 Å². The van der Waals surface area contributed by atoms with Crippen molar-refractivity contribution in [1.82, 2.24) is 5.32 Å². The van der Waals surface area contributed by atoms with Crippen LogP contribution >= 0.6 is 35.0 Å². The number of rotatable bonds is 6. The summed E-state index contributed by atoms with van der Waals surface area (Å²) in [5.74, 6) is 1.89. The lowest BCUT2D eigenvalue weighted by Crippen LogP contribution is -2.33. The summed E-state index contributed by atoms with van der Waals surface area (Å²) in [6, 6.07) is 11.0. The van der Waals surface area contributed by atoms with Crippen molar-refractivity contribution < 1.29 is 14.3 Å². The largest absolute Gasteiger partial charge is 0.490 e. The van der Waals surface area contributed by atoms with Gasteiger partial charge in [-0.1, -0.05) is 43.1 Å². The van der Waals surface area contributed by atoms with E-state index in [-0.39, 0.29) is 23.6 Å². The van der Waals surface area contributed by atoms with Gasteiger partial charge >= 0.3 is 0 Å². The van der Waals surface area contributed by atoms with Crippen LogP contribution in [-0.4, -0.2) is 24.9 Å². The summed E-state index contributed by atoms with van der Waals surface area (Å²) in [4.78, 5) is 13.4. The van der Waals surface area contributed by atoms with Gasteiger partial charge in [0.25, 0.3) is 0 Å². The van der Waals surface area contributed by atoms with Crippen LogP contribution in [0.3, 0.4) is 0 Å². The Morgan fingerprint density at radius 1 is 1.11 bits per heavy atom. The molecule has 4 nitrogen and oxygen atoms in total. The lowest BCUT2D eigenvalue weighted by Gasteiger charge is -2.24. The predicted molar refractivity (Wildman–Crippen MR) is 115 cm³/mol. The molecule has 0 spiro atoms. The van der Waals surface area contributed by atoms with E-state index in [1.165, 1.54) is 11.8 Å². The minimum Gasteiger partial charge on any atom is -0.490 e. The minimum atomic E-state index is -0.125. The van der Waals surface area contributed by atoms with Crippen LogP contribution in [0.5, 0.6) is 11.5 Å². The first kappa shape index (κ1) is 21.2. The number of hydrogen-bond donors (Lipinski definition) is 1. The summed E-state index contributed by atoms with van der Waals surface area (Å²) >= 11 is 13.6. The maximum absolute atomic E-state index is 12.6. The number of nitrogens with one attached hydrogen (secondary N) is 1. The van der Waals surface area contributed by atoms with Crippen molar-refractivity contribution in [2.75, 3.05) is 19.0 Å². The minimum absolute atomic E-state index is 0.0631. The van der Waals surface area contributed by atoms with E-state index in [0.29, 0.717) is 23.3 Å². The third-order valence-electron chi connectivity index (χ3n) is 4.37. The molecule has 1 heterocycles. The molecule has 0 unspecified atom stereocenters. The summed E-state index contributed by atoms with van der Waals surface area (Å²) in [5.41, 5.74) is 0.999. The van der Waals surface area contributed by atoms with Crippen LogP contribution in [-0.2, 0) is 4.79 Å². The van der Waals surface area contributed by atoms with Gasteiger partial charge in [-0.2, -0.15) is 0 Å². The van der Waals surface area contributed by atoms with Gasteiger partial charge in [-0.25, -0.2) is 0 Å². The quantitative estimate of drug-likeness (QED) is 0.581. The lowest BCUT2D eigenvalue weighted by molar-refractivity contribution is -0.119. The van der Waals surface area contributed by atoms with Gasteiger partial charge in [0.1, 0.15) is 0 Å². The maximum Gasteiger partial charge on any atom is 0.230 e. The molecule has 1 N–H and O–H groups in total. The van der Waals surface area contributed by atoms with E-state index >= 15 is 0 Å². The molecule has 150 valence electrons. The molecule has 0 aromatic heterocycles. The third-order valence-corrected chi connectivity index (χ3v) is 6.10. The summed E-state index contributed by atoms with van der Waals surface area (Å²) in [7, 11) is 0. The number of carbonyl (C=O) groups excluding carboxylic acids is 1. The number of ether oxygens (including phenoxy) is 2. The van der Waals surface area contributed by atoms with Crippen LogP contribution in [0, 0.1) is 5.92 Å². The number of carbonyl (C=O) groups is 1. The summed E-state index contributed by atoms with van der Waals surface area (Å²) < 4.78 is 11.5. The Morgan fingerprint density at radius 3 is 2.61 bits per heavy atom. The van der Waals surface area contributed by atoms with Crippen LogP contribution in [0.1, 0.15) is 31.9 Å². The molecule has 1 aliphatic heterocycles. The molecular formula is C21H23Cl2NO3S. The van der Waals surface area contributed by atoms with E-state index in [1.807, 2.05) is 18.2 Å². The van der Waals surface area contributed by atoms with E-state index in [0.717, 1.165) is 28.4 Å². The molecule has 1 amide bonds. The van der Waals surface area contributed by atoms with Crippen LogP contribution in [0.4, 0.5) is 0 Å². The Kier molecular flexibility index (Phi) is 7.38. The van der Waals surface area contributed by atoms with E-state index < -0.39 is 0 Å². The highest BCUT2D eigenvalue weighted by Crippen LogP contribution is 2.34. The van der Waals surface area contributed by atoms with E-state index in [1.54, 1.807) is 18.2 Å². The van der Waals surface area contributed by atoms with Crippen LogP contribution in [0.25, 0.3) is 0 Å². The molecule has 2 aromatic carbocycles. The van der Waals surface area contributed by atoms with E-state index in [2.05, 4.69) is 19.2 Å². The van der Waals surface area contributed by atoms with Crippen molar-refractivity contribution in [3.63, 3.8) is 0 Å². The second kappa shape index (κ2) is 9.77. The molecule has 1 atom stereocenters. The molecule has 7 heteroatoms. The van der Waals surface area contributed by atoms with Crippen molar-refractivity contribution in [1.29, 1.82) is 0 Å². The van der Waals surface area contributed by atoms with E-state index in [4.69, 9.17) is 32.7 Å². The van der Waals surface area contributed by atoms with Crippen molar-refractivity contribution in [3.8, 4) is 11.5 Å². The summed E-state index contributed by atoms with van der Waals surface area (Å²) in [6.07, 6.45) is 0.859. The fourth-order valence-electron chi connectivity index (χ4n) is 2.95. The molecule has 1 aliphatic rings.